The van der Waals surface area contributed by atoms with E-state index in [2.05, 4.69) is 5.32 Å². The van der Waals surface area contributed by atoms with Gasteiger partial charge >= 0.3 is 5.97 Å². The number of ether oxygens (including phenoxy) is 3. The maximum Gasteiger partial charge on any atom is 0.317 e. The average molecular weight is 387 g/mol. The number of aryl methyl sites for hydroxylation is 1. The molecule has 0 saturated heterocycles. The summed E-state index contributed by atoms with van der Waals surface area (Å²) >= 11 is 1.40. The zero-order chi connectivity index (χ0) is 19.2. The van der Waals surface area contributed by atoms with Crippen molar-refractivity contribution in [2.24, 2.45) is 0 Å². The number of benzene rings is 2. The van der Waals surface area contributed by atoms with E-state index in [9.17, 15) is 9.59 Å². The third-order valence-electron chi connectivity index (χ3n) is 4.02. The van der Waals surface area contributed by atoms with Crippen molar-refractivity contribution in [2.75, 3.05) is 12.5 Å². The maximum absolute atomic E-state index is 12.2. The van der Waals surface area contributed by atoms with Crippen molar-refractivity contribution in [3.63, 3.8) is 0 Å². The Morgan fingerprint density at radius 1 is 1.19 bits per heavy atom. The summed E-state index contributed by atoms with van der Waals surface area (Å²) in [5, 5.41) is 2.76. The lowest BCUT2D eigenvalue weighted by atomic mass is 10.2. The fourth-order valence-electron chi connectivity index (χ4n) is 2.52. The molecule has 0 unspecified atom stereocenters. The van der Waals surface area contributed by atoms with Gasteiger partial charge in [0, 0.05) is 11.4 Å². The van der Waals surface area contributed by atoms with Crippen molar-refractivity contribution >= 4 is 23.6 Å². The highest BCUT2D eigenvalue weighted by atomic mass is 32.2. The molecule has 1 heterocycles. The van der Waals surface area contributed by atoms with Crippen LogP contribution in [-0.4, -0.2) is 30.5 Å². The molecule has 1 N–H and O–H groups in total. The van der Waals surface area contributed by atoms with Crippen molar-refractivity contribution in [3.05, 3.63) is 53.6 Å². The van der Waals surface area contributed by atoms with Crippen molar-refractivity contribution < 1.29 is 23.8 Å². The van der Waals surface area contributed by atoms with Gasteiger partial charge in [-0.25, -0.2) is 0 Å². The van der Waals surface area contributed by atoms with Gasteiger partial charge < -0.3 is 19.5 Å². The van der Waals surface area contributed by atoms with Crippen molar-refractivity contribution in [1.82, 2.24) is 5.32 Å². The number of hydrogen-bond donors (Lipinski definition) is 1. The summed E-state index contributed by atoms with van der Waals surface area (Å²) < 4.78 is 15.8. The topological polar surface area (TPSA) is 73.9 Å². The van der Waals surface area contributed by atoms with E-state index in [1.54, 1.807) is 13.0 Å². The summed E-state index contributed by atoms with van der Waals surface area (Å²) in [5.41, 5.74) is 1.98. The number of carbonyl (C=O) groups excluding carboxylic acids is 2. The smallest absolute Gasteiger partial charge is 0.317 e. The fraction of sp³-hybridized carbons (Fsp3) is 0.300. The number of thioether (sulfide) groups is 1. The molecule has 6 nitrogen and oxygen atoms in total. The molecule has 0 fully saturated rings. The van der Waals surface area contributed by atoms with Crippen LogP contribution in [-0.2, 0) is 20.9 Å². The summed E-state index contributed by atoms with van der Waals surface area (Å²) in [6.45, 7) is 4.07. The first-order chi connectivity index (χ1) is 13.0. The first kappa shape index (κ1) is 19.1. The van der Waals surface area contributed by atoms with Gasteiger partial charge in [0.1, 0.15) is 0 Å². The van der Waals surface area contributed by atoms with E-state index in [4.69, 9.17) is 14.2 Å². The summed E-state index contributed by atoms with van der Waals surface area (Å²) in [6, 6.07) is 13.3. The molecule has 3 rings (SSSR count). The second-order valence-electron chi connectivity index (χ2n) is 6.09. The highest BCUT2D eigenvalue weighted by molar-refractivity contribution is 8.00. The molecular weight excluding hydrogens is 366 g/mol. The van der Waals surface area contributed by atoms with E-state index in [1.807, 2.05) is 43.3 Å². The number of rotatable bonds is 7. The standard InChI is InChI=1S/C20H21NO5S/c1-13-5-3-4-6-18(13)27-11-19(22)26-14(2)20(23)21-10-15-7-8-16-17(9-15)25-12-24-16/h3-9,14H,10-12H2,1-2H3,(H,21,23)/t14-/m1/s1. The minimum absolute atomic E-state index is 0.157. The highest BCUT2D eigenvalue weighted by Gasteiger charge is 2.19. The molecule has 1 amide bonds. The van der Waals surface area contributed by atoms with Gasteiger partial charge in [0.15, 0.2) is 17.6 Å². The fourth-order valence-corrected chi connectivity index (χ4v) is 3.34. The van der Waals surface area contributed by atoms with Crippen LogP contribution < -0.4 is 14.8 Å². The molecule has 2 aromatic carbocycles. The van der Waals surface area contributed by atoms with Gasteiger partial charge in [0.05, 0.1) is 5.75 Å². The van der Waals surface area contributed by atoms with E-state index in [1.165, 1.54) is 11.8 Å². The van der Waals surface area contributed by atoms with Crippen molar-refractivity contribution in [2.45, 2.75) is 31.4 Å². The molecule has 27 heavy (non-hydrogen) atoms. The SMILES string of the molecule is Cc1ccccc1SCC(=O)O[C@H](C)C(=O)NCc1ccc2c(c1)OCO2. The van der Waals surface area contributed by atoms with Gasteiger partial charge in [-0.3, -0.25) is 9.59 Å². The van der Waals surface area contributed by atoms with E-state index >= 15 is 0 Å². The Hall–Kier alpha value is -2.67. The Labute approximate surface area is 162 Å². The largest absolute Gasteiger partial charge is 0.454 e. The number of fused-ring (bicyclic) bond motifs is 1. The molecule has 1 aliphatic rings. The number of amides is 1. The Morgan fingerprint density at radius 3 is 2.78 bits per heavy atom. The van der Waals surface area contributed by atoms with Gasteiger partial charge in [-0.15, -0.1) is 11.8 Å². The van der Waals surface area contributed by atoms with E-state index in [0.717, 1.165) is 16.0 Å². The number of esters is 1. The second-order valence-corrected chi connectivity index (χ2v) is 7.11. The third-order valence-corrected chi connectivity index (χ3v) is 5.17. The molecule has 1 atom stereocenters. The molecule has 0 saturated carbocycles. The Kier molecular flexibility index (Phi) is 6.24. The highest BCUT2D eigenvalue weighted by Crippen LogP contribution is 2.32. The Balaban J connectivity index is 1.43. The Bertz CT molecular complexity index is 839. The summed E-state index contributed by atoms with van der Waals surface area (Å²) in [4.78, 5) is 25.2. The third kappa shape index (κ3) is 5.17. The minimum atomic E-state index is -0.857. The first-order valence-corrected chi connectivity index (χ1v) is 9.55. The molecule has 142 valence electrons. The monoisotopic (exact) mass is 387 g/mol. The van der Waals surface area contributed by atoms with Crippen molar-refractivity contribution in [3.8, 4) is 11.5 Å². The quantitative estimate of drug-likeness (QED) is 0.581. The predicted molar refractivity (Wildman–Crippen MR) is 102 cm³/mol. The number of carbonyl (C=O) groups is 2. The molecule has 0 aliphatic carbocycles. The van der Waals surface area contributed by atoms with Crippen LogP contribution in [0.3, 0.4) is 0 Å². The van der Waals surface area contributed by atoms with Gasteiger partial charge in [-0.05, 0) is 43.2 Å². The molecule has 1 aliphatic heterocycles. The normalized spacial score (nSPS) is 13.1. The molecule has 0 aromatic heterocycles. The lowest BCUT2D eigenvalue weighted by Crippen LogP contribution is -2.35. The van der Waals surface area contributed by atoms with Crippen LogP contribution >= 0.6 is 11.8 Å². The number of hydrogen-bond acceptors (Lipinski definition) is 6. The summed E-state index contributed by atoms with van der Waals surface area (Å²) in [5.74, 6) is 0.744. The lowest BCUT2D eigenvalue weighted by Gasteiger charge is -2.14. The van der Waals surface area contributed by atoms with Gasteiger partial charge in [0.2, 0.25) is 6.79 Å². The van der Waals surface area contributed by atoms with Crippen LogP contribution in [0.5, 0.6) is 11.5 Å². The van der Waals surface area contributed by atoms with Crippen molar-refractivity contribution in [1.29, 1.82) is 0 Å². The van der Waals surface area contributed by atoms with E-state index < -0.39 is 12.1 Å². The zero-order valence-corrected chi connectivity index (χ0v) is 16.0. The van der Waals surface area contributed by atoms with Gasteiger partial charge in [-0.1, -0.05) is 24.3 Å². The van der Waals surface area contributed by atoms with Gasteiger partial charge in [0.25, 0.3) is 5.91 Å². The second kappa shape index (κ2) is 8.81. The van der Waals surface area contributed by atoms with Crippen LogP contribution in [0, 0.1) is 6.92 Å². The molecular formula is C20H21NO5S. The van der Waals surface area contributed by atoms with Crippen LogP contribution in [0.1, 0.15) is 18.1 Å². The van der Waals surface area contributed by atoms with E-state index in [-0.39, 0.29) is 18.5 Å². The molecule has 7 heteroatoms. The summed E-state index contributed by atoms with van der Waals surface area (Å²) in [6.07, 6.45) is -0.857. The Morgan fingerprint density at radius 2 is 1.96 bits per heavy atom. The minimum Gasteiger partial charge on any atom is -0.454 e. The van der Waals surface area contributed by atoms with E-state index in [0.29, 0.717) is 18.0 Å². The molecule has 0 bridgehead atoms. The molecule has 0 spiro atoms. The average Bonchev–Trinajstić information content (AvgIpc) is 3.13. The lowest BCUT2D eigenvalue weighted by molar-refractivity contribution is -0.152. The van der Waals surface area contributed by atoms with Crippen LogP contribution in [0.25, 0.3) is 0 Å². The predicted octanol–water partition coefficient (Wildman–Crippen LogP) is 3.06. The molecule has 2 aromatic rings. The van der Waals surface area contributed by atoms with Crippen LogP contribution in [0.2, 0.25) is 0 Å². The zero-order valence-electron chi connectivity index (χ0n) is 15.2. The first-order valence-electron chi connectivity index (χ1n) is 8.57. The number of nitrogens with one attached hydrogen (secondary N) is 1. The van der Waals surface area contributed by atoms with Gasteiger partial charge in [-0.2, -0.15) is 0 Å². The van der Waals surface area contributed by atoms with Crippen LogP contribution in [0.15, 0.2) is 47.4 Å². The maximum atomic E-state index is 12.2. The summed E-state index contributed by atoms with van der Waals surface area (Å²) in [7, 11) is 0. The van der Waals surface area contributed by atoms with Crippen LogP contribution in [0.4, 0.5) is 0 Å². The molecule has 0 radical (unpaired) electrons.